The molecule has 5 N–H and O–H groups in total. The first-order valence-corrected chi connectivity index (χ1v) is 12.5. The van der Waals surface area contributed by atoms with Gasteiger partial charge in [0.2, 0.25) is 0 Å². The molecule has 0 atom stereocenters. The summed E-state index contributed by atoms with van der Waals surface area (Å²) < 4.78 is 17.5. The van der Waals surface area contributed by atoms with Crippen LogP contribution < -0.4 is 17.0 Å². The highest BCUT2D eigenvalue weighted by atomic mass is 19.1. The maximum Gasteiger partial charge on any atom is 0.283 e. The lowest BCUT2D eigenvalue weighted by Crippen LogP contribution is -2.25. The highest BCUT2D eigenvalue weighted by molar-refractivity contribution is 5.98. The topological polar surface area (TPSA) is 155 Å². The van der Waals surface area contributed by atoms with Gasteiger partial charge in [0, 0.05) is 35.5 Å². The molecule has 3 heterocycles. The number of amides is 1. The van der Waals surface area contributed by atoms with Gasteiger partial charge in [-0.3, -0.25) is 9.59 Å². The van der Waals surface area contributed by atoms with E-state index >= 15 is 4.39 Å². The number of halogens is 1. The fourth-order valence-electron chi connectivity index (χ4n) is 4.53. The van der Waals surface area contributed by atoms with Crippen LogP contribution in [-0.4, -0.2) is 35.6 Å². The summed E-state index contributed by atoms with van der Waals surface area (Å²) in [5.74, 6) is -1.37. The number of carbonyl (C=O) groups is 1. The number of pyridine rings is 1. The second-order valence-electron chi connectivity index (χ2n) is 10.4. The van der Waals surface area contributed by atoms with E-state index < -0.39 is 23.9 Å². The number of aromatic nitrogens is 5. The van der Waals surface area contributed by atoms with Crippen molar-refractivity contribution < 1.29 is 14.3 Å². The van der Waals surface area contributed by atoms with Gasteiger partial charge in [-0.15, -0.1) is 0 Å². The van der Waals surface area contributed by atoms with E-state index in [9.17, 15) is 14.7 Å². The monoisotopic (exact) mass is 541 g/mol. The van der Waals surface area contributed by atoms with Crippen molar-refractivity contribution in [1.82, 2.24) is 24.5 Å². The van der Waals surface area contributed by atoms with Crippen molar-refractivity contribution >= 4 is 16.7 Å². The average molecular weight is 542 g/mol. The first kappa shape index (κ1) is 26.9. The van der Waals surface area contributed by atoms with Crippen molar-refractivity contribution in [1.29, 1.82) is 0 Å². The number of hydrogen-bond donors (Lipinski definition) is 3. The third-order valence-corrected chi connectivity index (χ3v) is 6.76. The zero-order chi connectivity index (χ0) is 28.8. The second-order valence-corrected chi connectivity index (χ2v) is 10.4. The Labute approximate surface area is 228 Å². The van der Waals surface area contributed by atoms with E-state index in [-0.39, 0.29) is 27.7 Å². The predicted molar refractivity (Wildman–Crippen MR) is 149 cm³/mol. The molecule has 0 aliphatic carbocycles. The molecule has 5 aromatic rings. The summed E-state index contributed by atoms with van der Waals surface area (Å²) in [6.45, 7) is 5.66. The van der Waals surface area contributed by atoms with Crippen LogP contribution in [0.1, 0.15) is 47.8 Å². The number of carbonyl (C=O) groups excluding carboxylic acids is 1. The number of nitrogens with zero attached hydrogens (tertiary/aromatic N) is 5. The predicted octanol–water partition coefficient (Wildman–Crippen LogP) is 3.12. The fourth-order valence-corrected chi connectivity index (χ4v) is 4.53. The molecular formula is C29H28FN7O3. The summed E-state index contributed by atoms with van der Waals surface area (Å²) in [6.07, 6.45) is 4.24. The van der Waals surface area contributed by atoms with E-state index in [0.717, 1.165) is 15.8 Å². The van der Waals surface area contributed by atoms with E-state index in [0.29, 0.717) is 28.9 Å². The fraction of sp³-hybridized carbons (Fsp3) is 0.207. The molecule has 2 aromatic carbocycles. The number of benzene rings is 2. The number of aliphatic hydroxyl groups is 1. The minimum absolute atomic E-state index is 0.00354. The van der Waals surface area contributed by atoms with Gasteiger partial charge in [0.25, 0.3) is 11.5 Å². The molecular weight excluding hydrogens is 513 g/mol. The summed E-state index contributed by atoms with van der Waals surface area (Å²) in [6, 6.07) is 11.9. The van der Waals surface area contributed by atoms with Gasteiger partial charge in [-0.05, 0) is 34.7 Å². The van der Waals surface area contributed by atoms with E-state index in [1.165, 1.54) is 29.3 Å². The van der Waals surface area contributed by atoms with Gasteiger partial charge >= 0.3 is 0 Å². The van der Waals surface area contributed by atoms with Gasteiger partial charge in [0.15, 0.2) is 5.82 Å². The zero-order valence-corrected chi connectivity index (χ0v) is 22.2. The van der Waals surface area contributed by atoms with E-state index in [4.69, 9.17) is 11.5 Å². The van der Waals surface area contributed by atoms with E-state index in [2.05, 4.69) is 15.2 Å². The molecule has 0 unspecified atom stereocenters. The standard InChI is InChI=1S/C29H28FN7O3/c1-29(2,3)19-10-18-13-34-37(28(40)24(18)22(30)11-19)27-21(15-38)23(8-9-33-27)36-14-20(26(32)39)25(35-36)17-6-4-16(12-31)5-7-17/h4-11,13-14,38H,12,15,31H2,1-3H3,(H2,32,39). The Balaban J connectivity index is 1.67. The van der Waals surface area contributed by atoms with Crippen molar-refractivity contribution in [2.45, 2.75) is 39.3 Å². The first-order chi connectivity index (χ1) is 19.0. The quantitative estimate of drug-likeness (QED) is 0.298. The largest absolute Gasteiger partial charge is 0.391 e. The number of rotatable bonds is 6. The molecule has 40 heavy (non-hydrogen) atoms. The highest BCUT2D eigenvalue weighted by Crippen LogP contribution is 2.28. The lowest BCUT2D eigenvalue weighted by atomic mass is 9.86. The summed E-state index contributed by atoms with van der Waals surface area (Å²) in [5, 5.41) is 19.4. The molecule has 0 fully saturated rings. The molecule has 204 valence electrons. The Bertz CT molecular complexity index is 1820. The Morgan fingerprint density at radius 2 is 1.85 bits per heavy atom. The van der Waals surface area contributed by atoms with Crippen LogP contribution in [0.2, 0.25) is 0 Å². The maximum absolute atomic E-state index is 15.2. The summed E-state index contributed by atoms with van der Waals surface area (Å²) in [5.41, 5.74) is 13.6. The first-order valence-electron chi connectivity index (χ1n) is 12.5. The van der Waals surface area contributed by atoms with Crippen molar-refractivity contribution in [2.24, 2.45) is 11.5 Å². The van der Waals surface area contributed by atoms with Crippen LogP contribution in [0, 0.1) is 5.82 Å². The van der Waals surface area contributed by atoms with Crippen LogP contribution >= 0.6 is 0 Å². The van der Waals surface area contributed by atoms with Crippen LogP contribution in [0.5, 0.6) is 0 Å². The summed E-state index contributed by atoms with van der Waals surface area (Å²) >= 11 is 0. The highest BCUT2D eigenvalue weighted by Gasteiger charge is 2.23. The molecule has 3 aromatic heterocycles. The number of aliphatic hydroxyl groups excluding tert-OH is 1. The lowest BCUT2D eigenvalue weighted by Gasteiger charge is -2.20. The van der Waals surface area contributed by atoms with Gasteiger partial charge in [-0.1, -0.05) is 45.0 Å². The molecule has 11 heteroatoms. The van der Waals surface area contributed by atoms with Gasteiger partial charge in [0.1, 0.15) is 11.5 Å². The summed E-state index contributed by atoms with van der Waals surface area (Å²) in [7, 11) is 0. The minimum atomic E-state index is -0.728. The van der Waals surface area contributed by atoms with E-state index in [1.54, 1.807) is 24.3 Å². The summed E-state index contributed by atoms with van der Waals surface area (Å²) in [4.78, 5) is 30.0. The molecule has 0 saturated heterocycles. The van der Waals surface area contributed by atoms with Crippen LogP contribution in [0.25, 0.3) is 33.5 Å². The van der Waals surface area contributed by atoms with Gasteiger partial charge < -0.3 is 16.6 Å². The Hall–Kier alpha value is -4.74. The number of primary amides is 1. The minimum Gasteiger partial charge on any atom is -0.391 e. The third-order valence-electron chi connectivity index (χ3n) is 6.76. The van der Waals surface area contributed by atoms with Gasteiger partial charge in [0.05, 0.1) is 29.4 Å². The third kappa shape index (κ3) is 4.65. The van der Waals surface area contributed by atoms with Gasteiger partial charge in [-0.25, -0.2) is 14.1 Å². The molecule has 5 rings (SSSR count). The maximum atomic E-state index is 15.2. The molecule has 0 radical (unpaired) electrons. The molecule has 0 aliphatic rings. The number of hydrogen-bond acceptors (Lipinski definition) is 7. The van der Waals surface area contributed by atoms with Crippen molar-refractivity contribution in [3.05, 3.63) is 99.5 Å². The van der Waals surface area contributed by atoms with Gasteiger partial charge in [-0.2, -0.15) is 14.9 Å². The van der Waals surface area contributed by atoms with Crippen molar-refractivity contribution in [3.8, 4) is 22.8 Å². The molecule has 0 bridgehead atoms. The molecule has 0 saturated carbocycles. The number of nitrogens with two attached hydrogens (primary N) is 2. The normalized spacial score (nSPS) is 11.8. The van der Waals surface area contributed by atoms with E-state index in [1.807, 2.05) is 32.9 Å². The molecule has 0 spiro atoms. The molecule has 1 amide bonds. The Morgan fingerprint density at radius 3 is 2.48 bits per heavy atom. The van der Waals surface area contributed by atoms with Crippen molar-refractivity contribution in [2.75, 3.05) is 0 Å². The van der Waals surface area contributed by atoms with Crippen molar-refractivity contribution in [3.63, 3.8) is 0 Å². The molecule has 0 aliphatic heterocycles. The average Bonchev–Trinajstić information content (AvgIpc) is 3.38. The number of fused-ring (bicyclic) bond motifs is 1. The molecule has 10 nitrogen and oxygen atoms in total. The zero-order valence-electron chi connectivity index (χ0n) is 22.2. The Kier molecular flexibility index (Phi) is 6.78. The lowest BCUT2D eigenvalue weighted by molar-refractivity contribution is 0.100. The van der Waals surface area contributed by atoms with Crippen LogP contribution in [0.15, 0.2) is 65.8 Å². The smallest absolute Gasteiger partial charge is 0.283 e. The van der Waals surface area contributed by atoms with Crippen LogP contribution in [0.3, 0.4) is 0 Å². The Morgan fingerprint density at radius 1 is 1.12 bits per heavy atom. The van der Waals surface area contributed by atoms with Crippen LogP contribution in [-0.2, 0) is 18.6 Å². The SMILES string of the molecule is CC(C)(C)c1cc(F)c2c(=O)n(-c3nccc(-n4cc(C(N)=O)c(-c5ccc(CN)cc5)n4)c3CO)ncc2c1. The van der Waals surface area contributed by atoms with Crippen LogP contribution in [0.4, 0.5) is 4.39 Å². The second kappa shape index (κ2) is 10.1.